The standard InChI is InChI=1S/C31H33ClN6O5/c1-17-20(7-6-10-23(17)35-29(40)28-31(41)38(3)37-18(2)34-28)21-8-5-9-22(27(21)32)24-12-11-19(30(36-24)42-4)15-33-25-13-14-43-16-26(25)39/h5-12,25-26,33,39H,13-16H2,1-4H3,(H,35,40)/t25-,26+/m1/s1. The first-order chi connectivity index (χ1) is 20.7. The van der Waals surface area contributed by atoms with E-state index in [0.717, 1.165) is 33.4 Å². The van der Waals surface area contributed by atoms with Crippen LogP contribution < -0.4 is 20.9 Å². The Balaban J connectivity index is 1.41. The van der Waals surface area contributed by atoms with Gasteiger partial charge in [0, 0.05) is 48.6 Å². The molecule has 2 aromatic heterocycles. The minimum Gasteiger partial charge on any atom is -0.481 e. The molecular formula is C31H33ClN6O5. The number of hydrogen-bond donors (Lipinski definition) is 3. The largest absolute Gasteiger partial charge is 0.481 e. The Kier molecular flexibility index (Phi) is 9.16. The van der Waals surface area contributed by atoms with Crippen molar-refractivity contribution in [2.45, 2.75) is 39.0 Å². The van der Waals surface area contributed by atoms with Gasteiger partial charge in [0.15, 0.2) is 5.69 Å². The second-order valence-corrected chi connectivity index (χ2v) is 10.7. The molecule has 2 aromatic carbocycles. The Hall–Kier alpha value is -4.16. The molecule has 5 rings (SSSR count). The number of nitrogens with zero attached hydrogens (tertiary/aromatic N) is 4. The molecular weight excluding hydrogens is 572 g/mol. The van der Waals surface area contributed by atoms with Crippen LogP contribution >= 0.6 is 11.6 Å². The van der Waals surface area contributed by atoms with Crippen LogP contribution in [0.2, 0.25) is 5.02 Å². The number of halogens is 1. The van der Waals surface area contributed by atoms with Gasteiger partial charge in [-0.05, 0) is 43.5 Å². The van der Waals surface area contributed by atoms with Crippen molar-refractivity contribution in [3.63, 3.8) is 0 Å². The van der Waals surface area contributed by atoms with Crippen molar-refractivity contribution in [2.24, 2.45) is 7.05 Å². The molecule has 0 bridgehead atoms. The van der Waals surface area contributed by atoms with Crippen molar-refractivity contribution in [2.75, 3.05) is 25.6 Å². The summed E-state index contributed by atoms with van der Waals surface area (Å²) in [6, 6.07) is 14.9. The molecule has 12 heteroatoms. The maximum atomic E-state index is 13.0. The van der Waals surface area contributed by atoms with Gasteiger partial charge in [-0.25, -0.2) is 14.6 Å². The van der Waals surface area contributed by atoms with Gasteiger partial charge in [0.05, 0.1) is 30.5 Å². The highest BCUT2D eigenvalue weighted by Gasteiger charge is 2.24. The van der Waals surface area contributed by atoms with E-state index in [1.54, 1.807) is 20.1 Å². The summed E-state index contributed by atoms with van der Waals surface area (Å²) in [5.41, 5.74) is 4.22. The van der Waals surface area contributed by atoms with Crippen LogP contribution in [0.4, 0.5) is 5.69 Å². The molecule has 1 fully saturated rings. The van der Waals surface area contributed by atoms with Gasteiger partial charge in [-0.15, -0.1) is 0 Å². The number of aliphatic hydroxyl groups excluding tert-OH is 1. The molecule has 1 amide bonds. The smallest absolute Gasteiger partial charge is 0.298 e. The monoisotopic (exact) mass is 604 g/mol. The van der Waals surface area contributed by atoms with Gasteiger partial charge in [-0.3, -0.25) is 9.59 Å². The lowest BCUT2D eigenvalue weighted by molar-refractivity contribution is -0.0281. The van der Waals surface area contributed by atoms with Crippen LogP contribution in [-0.2, 0) is 18.3 Å². The van der Waals surface area contributed by atoms with Gasteiger partial charge < -0.3 is 25.2 Å². The molecule has 0 radical (unpaired) electrons. The molecule has 0 spiro atoms. The number of ether oxygens (including phenoxy) is 2. The summed E-state index contributed by atoms with van der Waals surface area (Å²) in [6.45, 7) is 4.88. The Morgan fingerprint density at radius 3 is 2.63 bits per heavy atom. The fourth-order valence-electron chi connectivity index (χ4n) is 5.11. The lowest BCUT2D eigenvalue weighted by atomic mass is 9.96. The van der Waals surface area contributed by atoms with Crippen LogP contribution in [0.15, 0.2) is 53.3 Å². The summed E-state index contributed by atoms with van der Waals surface area (Å²) in [6.07, 6.45) is 0.160. The first kappa shape index (κ1) is 30.3. The molecule has 224 valence electrons. The number of anilines is 1. The van der Waals surface area contributed by atoms with Crippen molar-refractivity contribution in [1.29, 1.82) is 0 Å². The van der Waals surface area contributed by atoms with E-state index >= 15 is 0 Å². The molecule has 3 N–H and O–H groups in total. The quantitative estimate of drug-likeness (QED) is 0.275. The third kappa shape index (κ3) is 6.45. The number of amides is 1. The molecule has 0 aliphatic carbocycles. The normalized spacial score (nSPS) is 16.6. The van der Waals surface area contributed by atoms with Gasteiger partial charge in [0.2, 0.25) is 5.88 Å². The van der Waals surface area contributed by atoms with Gasteiger partial charge in [-0.2, -0.15) is 5.10 Å². The van der Waals surface area contributed by atoms with E-state index in [1.165, 1.54) is 7.05 Å². The van der Waals surface area contributed by atoms with Crippen molar-refractivity contribution in [1.82, 2.24) is 25.1 Å². The summed E-state index contributed by atoms with van der Waals surface area (Å²) in [5.74, 6) is 0.150. The van der Waals surface area contributed by atoms with Gasteiger partial charge >= 0.3 is 0 Å². The van der Waals surface area contributed by atoms with Crippen molar-refractivity contribution in [3.05, 3.63) is 86.6 Å². The molecule has 3 heterocycles. The topological polar surface area (TPSA) is 140 Å². The molecule has 1 aliphatic rings. The summed E-state index contributed by atoms with van der Waals surface area (Å²) >= 11 is 6.99. The maximum absolute atomic E-state index is 13.0. The predicted octanol–water partition coefficient (Wildman–Crippen LogP) is 3.67. The van der Waals surface area contributed by atoms with Gasteiger partial charge in [-0.1, -0.05) is 48.0 Å². The molecule has 0 unspecified atom stereocenters. The van der Waals surface area contributed by atoms with Gasteiger partial charge in [0.1, 0.15) is 5.82 Å². The number of aryl methyl sites for hydroxylation is 2. The molecule has 0 saturated carbocycles. The second kappa shape index (κ2) is 13.0. The third-order valence-corrected chi connectivity index (χ3v) is 7.85. The molecule has 11 nitrogen and oxygen atoms in total. The molecule has 43 heavy (non-hydrogen) atoms. The molecule has 2 atom stereocenters. The number of aliphatic hydroxyl groups is 1. The van der Waals surface area contributed by atoms with E-state index in [1.807, 2.05) is 49.4 Å². The highest BCUT2D eigenvalue weighted by atomic mass is 35.5. The Labute approximate surface area is 253 Å². The SMILES string of the molecule is COc1nc(-c2cccc(-c3cccc(NC(=O)c4nc(C)nn(C)c4=O)c3C)c2Cl)ccc1CN[C@@H]1CCOC[C@@H]1O. The fraction of sp³-hybridized carbons (Fsp3) is 0.323. The van der Waals surface area contributed by atoms with Crippen molar-refractivity contribution >= 4 is 23.2 Å². The average Bonchev–Trinajstić information content (AvgIpc) is 3.00. The zero-order valence-corrected chi connectivity index (χ0v) is 25.1. The second-order valence-electron chi connectivity index (χ2n) is 10.3. The van der Waals surface area contributed by atoms with Crippen molar-refractivity contribution in [3.8, 4) is 28.3 Å². The Bertz CT molecular complexity index is 1730. The van der Waals surface area contributed by atoms with Crippen LogP contribution in [0.5, 0.6) is 5.88 Å². The maximum Gasteiger partial charge on any atom is 0.298 e. The number of rotatable bonds is 8. The average molecular weight is 605 g/mol. The van der Waals surface area contributed by atoms with Crippen LogP contribution in [0.3, 0.4) is 0 Å². The summed E-state index contributed by atoms with van der Waals surface area (Å²) in [4.78, 5) is 34.2. The zero-order valence-electron chi connectivity index (χ0n) is 24.3. The number of carbonyl (C=O) groups is 1. The van der Waals surface area contributed by atoms with E-state index in [-0.39, 0.29) is 11.7 Å². The minimum absolute atomic E-state index is 0.0662. The Morgan fingerprint density at radius 2 is 1.86 bits per heavy atom. The van der Waals surface area contributed by atoms with E-state index in [2.05, 4.69) is 20.7 Å². The van der Waals surface area contributed by atoms with Crippen LogP contribution in [0, 0.1) is 13.8 Å². The van der Waals surface area contributed by atoms with Crippen LogP contribution in [0.1, 0.15) is 33.9 Å². The zero-order chi connectivity index (χ0) is 30.7. The van der Waals surface area contributed by atoms with E-state index in [9.17, 15) is 14.7 Å². The minimum atomic E-state index is -0.622. The number of methoxy groups -OCH3 is 1. The van der Waals surface area contributed by atoms with E-state index < -0.39 is 17.6 Å². The Morgan fingerprint density at radius 1 is 1.12 bits per heavy atom. The number of pyridine rings is 1. The molecule has 4 aromatic rings. The summed E-state index contributed by atoms with van der Waals surface area (Å²) in [7, 11) is 3.04. The first-order valence-corrected chi connectivity index (χ1v) is 14.2. The van der Waals surface area contributed by atoms with E-state index in [4.69, 9.17) is 26.1 Å². The van der Waals surface area contributed by atoms with Crippen LogP contribution in [0.25, 0.3) is 22.4 Å². The molecule has 1 saturated heterocycles. The summed E-state index contributed by atoms with van der Waals surface area (Å²) in [5, 5.41) is 20.8. The number of aromatic nitrogens is 4. The third-order valence-electron chi connectivity index (χ3n) is 7.44. The number of benzene rings is 2. The number of carbonyl (C=O) groups excluding carboxylic acids is 1. The highest BCUT2D eigenvalue weighted by molar-refractivity contribution is 6.36. The molecule has 1 aliphatic heterocycles. The van der Waals surface area contributed by atoms with E-state index in [0.29, 0.717) is 53.4 Å². The number of nitrogens with one attached hydrogen (secondary N) is 2. The van der Waals surface area contributed by atoms with Crippen LogP contribution in [-0.4, -0.2) is 63.2 Å². The lowest BCUT2D eigenvalue weighted by Gasteiger charge is -2.28. The number of hydrogen-bond acceptors (Lipinski definition) is 9. The lowest BCUT2D eigenvalue weighted by Crippen LogP contribution is -2.46. The highest BCUT2D eigenvalue weighted by Crippen LogP contribution is 2.39. The fourth-order valence-corrected chi connectivity index (χ4v) is 5.44. The van der Waals surface area contributed by atoms with Gasteiger partial charge in [0.25, 0.3) is 11.5 Å². The predicted molar refractivity (Wildman–Crippen MR) is 163 cm³/mol. The first-order valence-electron chi connectivity index (χ1n) is 13.8. The summed E-state index contributed by atoms with van der Waals surface area (Å²) < 4.78 is 12.0. The van der Waals surface area contributed by atoms with Crippen molar-refractivity contribution < 1.29 is 19.4 Å².